The highest BCUT2D eigenvalue weighted by atomic mass is 19.1. The minimum Gasteiger partial charge on any atom is -0.497 e. The number of nitrogens with two attached hydrogens (primary N) is 1. The number of hydrogen-bond donors (Lipinski definition) is 1. The van der Waals surface area contributed by atoms with E-state index in [1.165, 1.54) is 44.6 Å². The minimum absolute atomic E-state index is 0.132. The number of hydrogen-bond acceptors (Lipinski definition) is 3. The Kier molecular flexibility index (Phi) is 4.45. The summed E-state index contributed by atoms with van der Waals surface area (Å²) in [5.41, 5.74) is 7.86. The highest BCUT2D eigenvalue weighted by Crippen LogP contribution is 2.40. The molecular weight excluding hydrogens is 267 g/mol. The first kappa shape index (κ1) is 14.8. The lowest BCUT2D eigenvalue weighted by molar-refractivity contribution is 0.134. The van der Waals surface area contributed by atoms with Crippen LogP contribution >= 0.6 is 0 Å². The molecular formula is C17H25FN2O. The lowest BCUT2D eigenvalue weighted by Crippen LogP contribution is -2.36. The van der Waals surface area contributed by atoms with E-state index in [1.807, 2.05) is 6.07 Å². The zero-order chi connectivity index (χ0) is 14.8. The lowest BCUT2D eigenvalue weighted by Gasteiger charge is -2.32. The number of fused-ring (bicyclic) bond motifs is 1. The van der Waals surface area contributed by atoms with Gasteiger partial charge in [-0.2, -0.15) is 0 Å². The monoisotopic (exact) mass is 292 g/mol. The van der Waals surface area contributed by atoms with E-state index in [-0.39, 0.29) is 11.9 Å². The van der Waals surface area contributed by atoms with Crippen molar-refractivity contribution >= 4 is 0 Å². The molecule has 1 aromatic carbocycles. The zero-order valence-corrected chi connectivity index (χ0v) is 12.8. The quantitative estimate of drug-likeness (QED) is 0.868. The molecule has 0 aromatic heterocycles. The van der Waals surface area contributed by atoms with E-state index in [1.54, 1.807) is 7.11 Å². The van der Waals surface area contributed by atoms with E-state index in [0.29, 0.717) is 24.9 Å². The van der Waals surface area contributed by atoms with Crippen LogP contribution in [-0.4, -0.2) is 24.6 Å². The Hall–Kier alpha value is -1.13. The summed E-state index contributed by atoms with van der Waals surface area (Å²) in [7, 11) is 1.58. The lowest BCUT2D eigenvalue weighted by atomic mass is 10.0. The molecule has 1 heterocycles. The molecule has 116 valence electrons. The van der Waals surface area contributed by atoms with Gasteiger partial charge in [0.1, 0.15) is 11.6 Å². The Bertz CT molecular complexity index is 498. The van der Waals surface area contributed by atoms with Gasteiger partial charge in [-0.05, 0) is 24.5 Å². The van der Waals surface area contributed by atoms with Crippen molar-refractivity contribution in [2.24, 2.45) is 5.73 Å². The number of nitrogens with zero attached hydrogens (tertiary/aromatic N) is 1. The van der Waals surface area contributed by atoms with Gasteiger partial charge < -0.3 is 10.5 Å². The first-order chi connectivity index (χ1) is 10.2. The average Bonchev–Trinajstić information content (AvgIpc) is 2.68. The van der Waals surface area contributed by atoms with Crippen molar-refractivity contribution in [2.75, 3.05) is 13.7 Å². The maximum absolute atomic E-state index is 14.3. The second-order valence-corrected chi connectivity index (χ2v) is 6.25. The first-order valence-electron chi connectivity index (χ1n) is 8.06. The topological polar surface area (TPSA) is 38.5 Å². The fraction of sp³-hybridized carbons (Fsp3) is 0.647. The third-order valence-electron chi connectivity index (χ3n) is 5.06. The van der Waals surface area contributed by atoms with E-state index < -0.39 is 0 Å². The Morgan fingerprint density at radius 2 is 1.95 bits per heavy atom. The molecule has 1 aliphatic heterocycles. The molecule has 0 amide bonds. The molecule has 21 heavy (non-hydrogen) atoms. The van der Waals surface area contributed by atoms with Gasteiger partial charge >= 0.3 is 0 Å². The summed E-state index contributed by atoms with van der Waals surface area (Å²) in [4.78, 5) is 2.43. The third-order valence-corrected chi connectivity index (χ3v) is 5.06. The second-order valence-electron chi connectivity index (χ2n) is 6.25. The van der Waals surface area contributed by atoms with Gasteiger partial charge in [0, 0.05) is 36.8 Å². The van der Waals surface area contributed by atoms with Crippen LogP contribution in [0.3, 0.4) is 0 Å². The molecule has 2 aliphatic rings. The molecule has 1 saturated carbocycles. The fourth-order valence-corrected chi connectivity index (χ4v) is 3.92. The number of benzene rings is 1. The molecule has 4 heteroatoms. The Morgan fingerprint density at radius 1 is 1.24 bits per heavy atom. The molecule has 0 radical (unpaired) electrons. The molecule has 3 rings (SSSR count). The SMILES string of the molecule is COc1cc(F)c2c(c1)C(CN)N(C1CCCCCC1)C2. The van der Waals surface area contributed by atoms with Gasteiger partial charge in [0.15, 0.2) is 0 Å². The smallest absolute Gasteiger partial charge is 0.131 e. The summed E-state index contributed by atoms with van der Waals surface area (Å²) in [5.74, 6) is 0.436. The van der Waals surface area contributed by atoms with Gasteiger partial charge in [-0.25, -0.2) is 4.39 Å². The van der Waals surface area contributed by atoms with Gasteiger partial charge in [-0.3, -0.25) is 4.90 Å². The highest BCUT2D eigenvalue weighted by molar-refractivity contribution is 5.42. The molecule has 0 bridgehead atoms. The molecule has 0 spiro atoms. The zero-order valence-electron chi connectivity index (χ0n) is 12.8. The Balaban J connectivity index is 1.90. The number of halogens is 1. The van der Waals surface area contributed by atoms with Gasteiger partial charge in [-0.1, -0.05) is 25.7 Å². The number of rotatable bonds is 3. The largest absolute Gasteiger partial charge is 0.497 e. The maximum atomic E-state index is 14.3. The first-order valence-corrected chi connectivity index (χ1v) is 8.06. The van der Waals surface area contributed by atoms with Crippen molar-refractivity contribution in [3.8, 4) is 5.75 Å². The summed E-state index contributed by atoms with van der Waals surface area (Å²) in [5, 5.41) is 0. The summed E-state index contributed by atoms with van der Waals surface area (Å²) >= 11 is 0. The van der Waals surface area contributed by atoms with E-state index in [9.17, 15) is 4.39 Å². The summed E-state index contributed by atoms with van der Waals surface area (Å²) in [6, 6.07) is 4.13. The van der Waals surface area contributed by atoms with Gasteiger partial charge in [-0.15, -0.1) is 0 Å². The predicted octanol–water partition coefficient (Wildman–Crippen LogP) is 3.37. The minimum atomic E-state index is -0.154. The van der Waals surface area contributed by atoms with E-state index in [4.69, 9.17) is 10.5 Å². The molecule has 1 aromatic rings. The summed E-state index contributed by atoms with van der Waals surface area (Å²) in [6.45, 7) is 1.23. The predicted molar refractivity (Wildman–Crippen MR) is 81.8 cm³/mol. The standard InChI is InChI=1S/C17H25FN2O/c1-21-13-8-14-15(16(18)9-13)11-20(17(14)10-19)12-6-4-2-3-5-7-12/h8-9,12,17H,2-7,10-11,19H2,1H3. The molecule has 2 N–H and O–H groups in total. The molecule has 1 atom stereocenters. The Labute approximate surface area is 126 Å². The molecule has 1 unspecified atom stereocenters. The molecule has 3 nitrogen and oxygen atoms in total. The maximum Gasteiger partial charge on any atom is 0.131 e. The van der Waals surface area contributed by atoms with Crippen molar-refractivity contribution < 1.29 is 9.13 Å². The number of ether oxygens (including phenoxy) is 1. The van der Waals surface area contributed by atoms with E-state index in [0.717, 1.165) is 11.1 Å². The van der Waals surface area contributed by atoms with Crippen LogP contribution in [0.15, 0.2) is 12.1 Å². The van der Waals surface area contributed by atoms with Crippen LogP contribution in [-0.2, 0) is 6.54 Å². The van der Waals surface area contributed by atoms with Crippen molar-refractivity contribution in [1.29, 1.82) is 0 Å². The van der Waals surface area contributed by atoms with E-state index in [2.05, 4.69) is 4.90 Å². The van der Waals surface area contributed by atoms with Crippen molar-refractivity contribution in [1.82, 2.24) is 4.90 Å². The van der Waals surface area contributed by atoms with Crippen LogP contribution < -0.4 is 10.5 Å². The molecule has 0 saturated heterocycles. The molecule has 1 aliphatic carbocycles. The summed E-state index contributed by atoms with van der Waals surface area (Å²) < 4.78 is 19.5. The van der Waals surface area contributed by atoms with Crippen molar-refractivity contribution in [3.05, 3.63) is 29.1 Å². The highest BCUT2D eigenvalue weighted by Gasteiger charge is 2.36. The van der Waals surface area contributed by atoms with Crippen LogP contribution in [0.1, 0.15) is 55.7 Å². The van der Waals surface area contributed by atoms with Crippen molar-refractivity contribution in [2.45, 2.75) is 57.2 Å². The van der Waals surface area contributed by atoms with Crippen LogP contribution in [0.25, 0.3) is 0 Å². The average molecular weight is 292 g/mol. The normalized spacial score (nSPS) is 23.9. The van der Waals surface area contributed by atoms with Gasteiger partial charge in [0.25, 0.3) is 0 Å². The van der Waals surface area contributed by atoms with Crippen molar-refractivity contribution in [3.63, 3.8) is 0 Å². The van der Waals surface area contributed by atoms with E-state index >= 15 is 0 Å². The summed E-state index contributed by atoms with van der Waals surface area (Å²) in [6.07, 6.45) is 7.63. The number of methoxy groups -OCH3 is 1. The van der Waals surface area contributed by atoms with Crippen LogP contribution in [0.5, 0.6) is 5.75 Å². The molecule has 1 fully saturated rings. The van der Waals surface area contributed by atoms with Crippen LogP contribution in [0, 0.1) is 5.82 Å². The van der Waals surface area contributed by atoms with Crippen LogP contribution in [0.4, 0.5) is 4.39 Å². The van der Waals surface area contributed by atoms with Gasteiger partial charge in [0.2, 0.25) is 0 Å². The van der Waals surface area contributed by atoms with Gasteiger partial charge in [0.05, 0.1) is 7.11 Å². The fourth-order valence-electron chi connectivity index (χ4n) is 3.92. The third kappa shape index (κ3) is 2.79. The van der Waals surface area contributed by atoms with Crippen LogP contribution in [0.2, 0.25) is 0 Å². The Morgan fingerprint density at radius 3 is 2.57 bits per heavy atom. The second kappa shape index (κ2) is 6.32.